The zero-order chi connectivity index (χ0) is 17.9. The van der Waals surface area contributed by atoms with Crippen LogP contribution in [0.2, 0.25) is 0 Å². The van der Waals surface area contributed by atoms with E-state index in [9.17, 15) is 9.59 Å². The van der Waals surface area contributed by atoms with Gasteiger partial charge in [-0.2, -0.15) is 0 Å². The number of hydrogen-bond donors (Lipinski definition) is 2. The summed E-state index contributed by atoms with van der Waals surface area (Å²) >= 11 is 0. The van der Waals surface area contributed by atoms with Crippen LogP contribution in [0.15, 0.2) is 60.7 Å². The van der Waals surface area contributed by atoms with Crippen LogP contribution in [0.1, 0.15) is 6.92 Å². The number of rotatable bonds is 9. The van der Waals surface area contributed by atoms with Gasteiger partial charge in [-0.05, 0) is 31.2 Å². The Kier molecular flexibility index (Phi) is 7.31. The summed E-state index contributed by atoms with van der Waals surface area (Å²) < 4.78 is 10.7. The van der Waals surface area contributed by atoms with Gasteiger partial charge >= 0.3 is 0 Å². The average Bonchev–Trinajstić information content (AvgIpc) is 2.65. The molecule has 0 saturated carbocycles. The quantitative estimate of drug-likeness (QED) is 0.728. The fourth-order valence-electron chi connectivity index (χ4n) is 2.02. The summed E-state index contributed by atoms with van der Waals surface area (Å²) in [5, 5.41) is 5.47. The van der Waals surface area contributed by atoms with Crippen LogP contribution in [0, 0.1) is 0 Å². The summed E-state index contributed by atoms with van der Waals surface area (Å²) in [6, 6.07) is 18.0. The highest BCUT2D eigenvalue weighted by Gasteiger charge is 2.10. The van der Waals surface area contributed by atoms with Crippen LogP contribution in [-0.2, 0) is 9.59 Å². The van der Waals surface area contributed by atoms with Gasteiger partial charge in [0.1, 0.15) is 11.5 Å². The first-order valence-corrected chi connectivity index (χ1v) is 8.05. The molecule has 132 valence electrons. The Bertz CT molecular complexity index is 662. The van der Waals surface area contributed by atoms with E-state index in [-0.39, 0.29) is 31.1 Å². The first-order valence-electron chi connectivity index (χ1n) is 8.05. The first kappa shape index (κ1) is 18.3. The molecule has 2 aromatic rings. The highest BCUT2D eigenvalue weighted by atomic mass is 16.5. The summed E-state index contributed by atoms with van der Waals surface area (Å²) in [5.41, 5.74) is 0. The van der Waals surface area contributed by atoms with Crippen LogP contribution in [-0.4, -0.2) is 37.6 Å². The molecule has 2 rings (SSSR count). The fourth-order valence-corrected chi connectivity index (χ4v) is 2.02. The Hall–Kier alpha value is -3.02. The lowest BCUT2D eigenvalue weighted by atomic mass is 10.3. The van der Waals surface area contributed by atoms with Gasteiger partial charge in [-0.3, -0.25) is 9.59 Å². The standard InChI is InChI=1S/C19H22N2O4/c1-15(21-19(23)14-25-17-10-6-3-7-11-17)12-20-18(22)13-24-16-8-4-2-5-9-16/h2-11,15H,12-14H2,1H3,(H,20,22)(H,21,23)/t15-/m0/s1. The third-order valence-electron chi connectivity index (χ3n) is 3.24. The van der Waals surface area contributed by atoms with Gasteiger partial charge in [0.25, 0.3) is 11.8 Å². The number of nitrogens with one attached hydrogen (secondary N) is 2. The number of hydrogen-bond acceptors (Lipinski definition) is 4. The normalized spacial score (nSPS) is 11.2. The van der Waals surface area contributed by atoms with Gasteiger partial charge in [0.15, 0.2) is 13.2 Å². The fraction of sp³-hybridized carbons (Fsp3) is 0.263. The maximum atomic E-state index is 11.8. The lowest BCUT2D eigenvalue weighted by Crippen LogP contribution is -2.44. The molecule has 0 radical (unpaired) electrons. The van der Waals surface area contributed by atoms with Gasteiger partial charge < -0.3 is 20.1 Å². The number of carbonyl (C=O) groups excluding carboxylic acids is 2. The van der Waals surface area contributed by atoms with E-state index < -0.39 is 0 Å². The molecule has 0 bridgehead atoms. The molecule has 0 heterocycles. The zero-order valence-corrected chi connectivity index (χ0v) is 14.1. The average molecular weight is 342 g/mol. The summed E-state index contributed by atoms with van der Waals surface area (Å²) in [5.74, 6) is 0.783. The number of benzene rings is 2. The van der Waals surface area contributed by atoms with E-state index in [0.29, 0.717) is 18.0 Å². The molecule has 1 atom stereocenters. The Balaban J connectivity index is 1.60. The van der Waals surface area contributed by atoms with Crippen molar-refractivity contribution in [1.82, 2.24) is 10.6 Å². The smallest absolute Gasteiger partial charge is 0.258 e. The van der Waals surface area contributed by atoms with Crippen LogP contribution >= 0.6 is 0 Å². The maximum absolute atomic E-state index is 11.8. The second-order valence-corrected chi connectivity index (χ2v) is 5.48. The molecule has 0 unspecified atom stereocenters. The molecular weight excluding hydrogens is 320 g/mol. The van der Waals surface area contributed by atoms with Crippen molar-refractivity contribution in [2.75, 3.05) is 19.8 Å². The van der Waals surface area contributed by atoms with E-state index in [2.05, 4.69) is 10.6 Å². The number of ether oxygens (including phenoxy) is 2. The summed E-state index contributed by atoms with van der Waals surface area (Å²) in [6.07, 6.45) is 0. The Morgan fingerprint density at radius 2 is 1.32 bits per heavy atom. The molecule has 2 aromatic carbocycles. The molecule has 0 aromatic heterocycles. The summed E-state index contributed by atoms with van der Waals surface area (Å²) in [4.78, 5) is 23.6. The second kappa shape index (κ2) is 9.97. The minimum atomic E-state index is -0.245. The predicted molar refractivity (Wildman–Crippen MR) is 94.5 cm³/mol. The van der Waals surface area contributed by atoms with Crippen LogP contribution < -0.4 is 20.1 Å². The number of amides is 2. The van der Waals surface area contributed by atoms with E-state index in [1.54, 1.807) is 31.2 Å². The van der Waals surface area contributed by atoms with Crippen molar-refractivity contribution in [3.05, 3.63) is 60.7 Å². The van der Waals surface area contributed by atoms with Gasteiger partial charge in [0.2, 0.25) is 0 Å². The number of para-hydroxylation sites is 2. The summed E-state index contributed by atoms with van der Waals surface area (Å²) in [6.45, 7) is 1.98. The van der Waals surface area contributed by atoms with Gasteiger partial charge in [0.05, 0.1) is 0 Å². The van der Waals surface area contributed by atoms with Gasteiger partial charge in [-0.1, -0.05) is 36.4 Å². The van der Waals surface area contributed by atoms with Crippen molar-refractivity contribution < 1.29 is 19.1 Å². The Labute approximate surface area is 147 Å². The lowest BCUT2D eigenvalue weighted by Gasteiger charge is -2.15. The molecule has 0 saturated heterocycles. The molecular formula is C19H22N2O4. The second-order valence-electron chi connectivity index (χ2n) is 5.48. The Morgan fingerprint density at radius 1 is 0.840 bits per heavy atom. The van der Waals surface area contributed by atoms with Crippen molar-refractivity contribution in [1.29, 1.82) is 0 Å². The van der Waals surface area contributed by atoms with E-state index in [4.69, 9.17) is 9.47 Å². The lowest BCUT2D eigenvalue weighted by molar-refractivity contribution is -0.125. The van der Waals surface area contributed by atoms with Crippen LogP contribution in [0.3, 0.4) is 0 Å². The van der Waals surface area contributed by atoms with Crippen LogP contribution in [0.4, 0.5) is 0 Å². The van der Waals surface area contributed by atoms with Crippen molar-refractivity contribution in [3.8, 4) is 11.5 Å². The minimum absolute atomic E-state index is 0.0677. The van der Waals surface area contributed by atoms with Crippen molar-refractivity contribution >= 4 is 11.8 Å². The summed E-state index contributed by atoms with van der Waals surface area (Å²) in [7, 11) is 0. The molecule has 0 aliphatic rings. The van der Waals surface area contributed by atoms with Crippen molar-refractivity contribution in [2.24, 2.45) is 0 Å². The molecule has 0 aliphatic heterocycles. The van der Waals surface area contributed by atoms with Gasteiger partial charge in [-0.25, -0.2) is 0 Å². The first-order chi connectivity index (χ1) is 12.1. The molecule has 0 fully saturated rings. The highest BCUT2D eigenvalue weighted by molar-refractivity contribution is 5.79. The van der Waals surface area contributed by atoms with Crippen LogP contribution in [0.5, 0.6) is 11.5 Å². The van der Waals surface area contributed by atoms with E-state index in [1.165, 1.54) is 0 Å². The zero-order valence-electron chi connectivity index (χ0n) is 14.1. The molecule has 0 spiro atoms. The van der Waals surface area contributed by atoms with E-state index in [1.807, 2.05) is 36.4 Å². The molecule has 6 nitrogen and oxygen atoms in total. The maximum Gasteiger partial charge on any atom is 0.258 e. The van der Waals surface area contributed by atoms with Gasteiger partial charge in [0, 0.05) is 12.6 Å². The van der Waals surface area contributed by atoms with Crippen molar-refractivity contribution in [2.45, 2.75) is 13.0 Å². The van der Waals surface area contributed by atoms with Crippen LogP contribution in [0.25, 0.3) is 0 Å². The Morgan fingerprint density at radius 3 is 1.84 bits per heavy atom. The molecule has 0 aliphatic carbocycles. The monoisotopic (exact) mass is 342 g/mol. The predicted octanol–water partition coefficient (Wildman–Crippen LogP) is 1.77. The highest BCUT2D eigenvalue weighted by Crippen LogP contribution is 2.08. The molecule has 25 heavy (non-hydrogen) atoms. The van der Waals surface area contributed by atoms with E-state index >= 15 is 0 Å². The SMILES string of the molecule is C[C@@H](CNC(=O)COc1ccccc1)NC(=O)COc1ccccc1. The number of carbonyl (C=O) groups is 2. The minimum Gasteiger partial charge on any atom is -0.484 e. The third-order valence-corrected chi connectivity index (χ3v) is 3.24. The largest absolute Gasteiger partial charge is 0.484 e. The third kappa shape index (κ3) is 7.39. The molecule has 6 heteroatoms. The molecule has 2 N–H and O–H groups in total. The van der Waals surface area contributed by atoms with Crippen molar-refractivity contribution in [3.63, 3.8) is 0 Å². The van der Waals surface area contributed by atoms with Gasteiger partial charge in [-0.15, -0.1) is 0 Å². The van der Waals surface area contributed by atoms with E-state index in [0.717, 1.165) is 0 Å². The molecule has 2 amide bonds. The topological polar surface area (TPSA) is 76.7 Å².